The van der Waals surface area contributed by atoms with Crippen molar-refractivity contribution in [1.82, 2.24) is 24.9 Å². The summed E-state index contributed by atoms with van der Waals surface area (Å²) < 4.78 is 13.2. The lowest BCUT2D eigenvalue weighted by Gasteiger charge is -2.36. The van der Waals surface area contributed by atoms with Crippen LogP contribution in [-0.4, -0.2) is 86.1 Å². The van der Waals surface area contributed by atoms with Crippen LogP contribution in [0.5, 0.6) is 0 Å². The van der Waals surface area contributed by atoms with Gasteiger partial charge in [-0.05, 0) is 52.1 Å². The van der Waals surface area contributed by atoms with Crippen LogP contribution in [0, 0.1) is 5.41 Å². The van der Waals surface area contributed by atoms with Crippen LogP contribution in [0.1, 0.15) is 55.0 Å². The molecule has 31 heavy (non-hydrogen) atoms. The molecule has 0 bridgehead atoms. The first-order valence-corrected chi connectivity index (χ1v) is 11.9. The van der Waals surface area contributed by atoms with Crippen LogP contribution < -0.4 is 5.32 Å². The normalized spacial score (nSPS) is 26.3. The fourth-order valence-electron chi connectivity index (χ4n) is 5.68. The second kappa shape index (κ2) is 9.98. The van der Waals surface area contributed by atoms with E-state index in [-0.39, 0.29) is 5.41 Å². The van der Waals surface area contributed by atoms with Gasteiger partial charge < -0.3 is 19.7 Å². The van der Waals surface area contributed by atoms with Crippen LogP contribution in [0.4, 0.5) is 0 Å². The maximum Gasteiger partial charge on any atom is 0.228 e. The lowest BCUT2D eigenvalue weighted by molar-refractivity contribution is -0.138. The third kappa shape index (κ3) is 4.67. The highest BCUT2D eigenvalue weighted by Crippen LogP contribution is 2.50. The molecule has 1 aliphatic carbocycles. The number of nitrogens with one attached hydrogen (secondary N) is 1. The Hall–Kier alpha value is -1.48. The molecule has 0 aromatic carbocycles. The van der Waals surface area contributed by atoms with E-state index < -0.39 is 0 Å². The fraction of sp³-hybridized carbons (Fsp3) is 0.826. The van der Waals surface area contributed by atoms with E-state index in [4.69, 9.17) is 14.6 Å². The summed E-state index contributed by atoms with van der Waals surface area (Å²) in [5.41, 5.74) is 3.74. The predicted octanol–water partition coefficient (Wildman–Crippen LogP) is 1.59. The van der Waals surface area contributed by atoms with Crippen LogP contribution in [-0.2, 0) is 34.0 Å². The third-order valence-corrected chi connectivity index (χ3v) is 7.54. The standard InChI is InChI=1S/C23H39N5O3/c1-24-9-11-26(2)16-19-21(20-17-31-15-13-28(20)25-19)18-4-6-23(7-5-18)8-10-27(22(23)29)12-14-30-3/h18,24H,4-17H2,1-3H3. The summed E-state index contributed by atoms with van der Waals surface area (Å²) in [6.07, 6.45) is 5.10. The van der Waals surface area contributed by atoms with Gasteiger partial charge in [-0.15, -0.1) is 0 Å². The van der Waals surface area contributed by atoms with Crippen LogP contribution in [0.2, 0.25) is 0 Å². The molecule has 1 aromatic rings. The fourth-order valence-corrected chi connectivity index (χ4v) is 5.68. The van der Waals surface area contributed by atoms with E-state index in [0.29, 0.717) is 25.0 Å². The quantitative estimate of drug-likeness (QED) is 0.638. The summed E-state index contributed by atoms with van der Waals surface area (Å²) in [7, 11) is 5.85. The Labute approximate surface area is 186 Å². The molecule has 174 valence electrons. The van der Waals surface area contributed by atoms with E-state index in [1.165, 1.54) is 17.0 Å². The number of ether oxygens (including phenoxy) is 2. The minimum atomic E-state index is -0.141. The number of nitrogens with zero attached hydrogens (tertiary/aromatic N) is 4. The number of hydrogen-bond acceptors (Lipinski definition) is 6. The largest absolute Gasteiger partial charge is 0.383 e. The number of carbonyl (C=O) groups excluding carboxylic acids is 1. The first-order chi connectivity index (χ1) is 15.1. The highest BCUT2D eigenvalue weighted by atomic mass is 16.5. The number of methoxy groups -OCH3 is 1. The molecular weight excluding hydrogens is 394 g/mol. The van der Waals surface area contributed by atoms with Crippen molar-refractivity contribution in [2.75, 3.05) is 60.6 Å². The van der Waals surface area contributed by atoms with Gasteiger partial charge in [-0.3, -0.25) is 14.4 Å². The summed E-state index contributed by atoms with van der Waals surface area (Å²) in [6.45, 7) is 7.29. The number of hydrogen-bond donors (Lipinski definition) is 1. The molecule has 1 amide bonds. The second-order valence-electron chi connectivity index (χ2n) is 9.51. The van der Waals surface area contributed by atoms with Crippen LogP contribution >= 0.6 is 0 Å². The van der Waals surface area contributed by atoms with E-state index in [9.17, 15) is 4.79 Å². The summed E-state index contributed by atoms with van der Waals surface area (Å²) >= 11 is 0. The Morgan fingerprint density at radius 1 is 1.29 bits per heavy atom. The Morgan fingerprint density at radius 2 is 2.10 bits per heavy atom. The molecule has 8 nitrogen and oxygen atoms in total. The van der Waals surface area contributed by atoms with E-state index >= 15 is 0 Å². The molecule has 2 aliphatic heterocycles. The number of amides is 1. The van der Waals surface area contributed by atoms with E-state index in [1.54, 1.807) is 7.11 Å². The molecule has 1 spiro atoms. The van der Waals surface area contributed by atoms with Crippen molar-refractivity contribution in [2.24, 2.45) is 5.41 Å². The molecule has 1 N–H and O–H groups in total. The van der Waals surface area contributed by atoms with Crippen molar-refractivity contribution >= 4 is 5.91 Å². The molecule has 3 aliphatic rings. The molecule has 1 aromatic heterocycles. The molecule has 0 radical (unpaired) electrons. The molecule has 2 fully saturated rings. The van der Waals surface area contributed by atoms with Gasteiger partial charge in [0.05, 0.1) is 43.2 Å². The van der Waals surface area contributed by atoms with Crippen molar-refractivity contribution in [3.63, 3.8) is 0 Å². The summed E-state index contributed by atoms with van der Waals surface area (Å²) in [5.74, 6) is 0.833. The van der Waals surface area contributed by atoms with Gasteiger partial charge >= 0.3 is 0 Å². The molecule has 8 heteroatoms. The van der Waals surface area contributed by atoms with Crippen molar-refractivity contribution in [2.45, 2.75) is 57.7 Å². The van der Waals surface area contributed by atoms with Gasteiger partial charge in [0.15, 0.2) is 0 Å². The van der Waals surface area contributed by atoms with Crippen molar-refractivity contribution in [3.8, 4) is 0 Å². The molecule has 4 rings (SSSR count). The zero-order valence-electron chi connectivity index (χ0n) is 19.5. The van der Waals surface area contributed by atoms with Gasteiger partial charge in [0.2, 0.25) is 5.91 Å². The molecule has 1 saturated heterocycles. The van der Waals surface area contributed by atoms with Crippen molar-refractivity contribution in [3.05, 3.63) is 17.0 Å². The van der Waals surface area contributed by atoms with Gasteiger partial charge in [0.1, 0.15) is 0 Å². The first-order valence-electron chi connectivity index (χ1n) is 11.9. The van der Waals surface area contributed by atoms with Crippen LogP contribution in [0.15, 0.2) is 0 Å². The second-order valence-corrected chi connectivity index (χ2v) is 9.51. The Balaban J connectivity index is 1.48. The number of aromatic nitrogens is 2. The Kier molecular flexibility index (Phi) is 7.31. The Morgan fingerprint density at radius 3 is 2.84 bits per heavy atom. The predicted molar refractivity (Wildman–Crippen MR) is 119 cm³/mol. The molecule has 0 atom stereocenters. The van der Waals surface area contributed by atoms with E-state index in [1.807, 2.05) is 11.9 Å². The molecule has 0 unspecified atom stereocenters. The van der Waals surface area contributed by atoms with Crippen molar-refractivity contribution in [1.29, 1.82) is 0 Å². The minimum absolute atomic E-state index is 0.141. The van der Waals surface area contributed by atoms with Gasteiger partial charge in [-0.25, -0.2) is 0 Å². The first kappa shape index (κ1) is 22.7. The molecule has 3 heterocycles. The zero-order chi connectivity index (χ0) is 21.8. The summed E-state index contributed by atoms with van der Waals surface area (Å²) in [4.78, 5) is 17.5. The average Bonchev–Trinajstić information content (AvgIpc) is 3.29. The minimum Gasteiger partial charge on any atom is -0.383 e. The highest BCUT2D eigenvalue weighted by Gasteiger charge is 2.48. The average molecular weight is 434 g/mol. The SMILES string of the molecule is CNCCN(C)Cc1nn2c(c1C1CCC3(CC1)CCN(CCOC)C3=O)COCC2. The van der Waals surface area contributed by atoms with Crippen LogP contribution in [0.3, 0.4) is 0 Å². The lowest BCUT2D eigenvalue weighted by atomic mass is 9.67. The van der Waals surface area contributed by atoms with Crippen molar-refractivity contribution < 1.29 is 14.3 Å². The van der Waals surface area contributed by atoms with Gasteiger partial charge in [0, 0.05) is 45.4 Å². The van der Waals surface area contributed by atoms with E-state index in [2.05, 4.69) is 21.9 Å². The number of rotatable bonds is 9. The maximum absolute atomic E-state index is 13.1. The number of carbonyl (C=O) groups is 1. The summed E-state index contributed by atoms with van der Waals surface area (Å²) in [5, 5.41) is 8.24. The van der Waals surface area contributed by atoms with Gasteiger partial charge in [-0.1, -0.05) is 0 Å². The van der Waals surface area contributed by atoms with Gasteiger partial charge in [0.25, 0.3) is 0 Å². The molecule has 1 saturated carbocycles. The monoisotopic (exact) mass is 433 g/mol. The maximum atomic E-state index is 13.1. The number of likely N-dealkylation sites (tertiary alicyclic amines) is 1. The molecular formula is C23H39N5O3. The highest BCUT2D eigenvalue weighted by molar-refractivity contribution is 5.85. The zero-order valence-corrected chi connectivity index (χ0v) is 19.5. The number of fused-ring (bicyclic) bond motifs is 1. The van der Waals surface area contributed by atoms with E-state index in [0.717, 1.165) is 78.0 Å². The lowest BCUT2D eigenvalue weighted by Crippen LogP contribution is -2.38. The third-order valence-electron chi connectivity index (χ3n) is 7.54. The smallest absolute Gasteiger partial charge is 0.228 e. The number of likely N-dealkylation sites (N-methyl/N-ethyl adjacent to an activating group) is 2. The Bertz CT molecular complexity index is 757. The van der Waals surface area contributed by atoms with Gasteiger partial charge in [-0.2, -0.15) is 5.10 Å². The topological polar surface area (TPSA) is 71.9 Å². The van der Waals surface area contributed by atoms with Crippen LogP contribution in [0.25, 0.3) is 0 Å². The summed E-state index contributed by atoms with van der Waals surface area (Å²) in [6, 6.07) is 0.